The standard InChI is InChI=1S/C8H5IN4/c9-6-2-1-3-13-7(6)5(4-10)8(11)12-13/h1-3H,(H2,11,12). The molecule has 2 heterocycles. The number of nitrogen functional groups attached to an aromatic ring is 1. The van der Waals surface area contributed by atoms with Crippen LogP contribution in [0.3, 0.4) is 0 Å². The van der Waals surface area contributed by atoms with Gasteiger partial charge in [-0.2, -0.15) is 5.26 Å². The largest absolute Gasteiger partial charge is 0.381 e. The molecule has 0 spiro atoms. The van der Waals surface area contributed by atoms with Crippen LogP contribution < -0.4 is 5.73 Å². The normalized spacial score (nSPS) is 10.2. The van der Waals surface area contributed by atoms with E-state index in [0.717, 1.165) is 9.09 Å². The predicted molar refractivity (Wildman–Crippen MR) is 57.0 cm³/mol. The molecular weight excluding hydrogens is 279 g/mol. The van der Waals surface area contributed by atoms with Gasteiger partial charge in [0.05, 0.1) is 5.52 Å². The smallest absolute Gasteiger partial charge is 0.164 e. The number of anilines is 1. The van der Waals surface area contributed by atoms with Gasteiger partial charge in [0, 0.05) is 9.77 Å². The Kier molecular flexibility index (Phi) is 1.84. The quantitative estimate of drug-likeness (QED) is 0.743. The van der Waals surface area contributed by atoms with Crippen LogP contribution in [-0.2, 0) is 0 Å². The summed E-state index contributed by atoms with van der Waals surface area (Å²) in [6, 6.07) is 5.82. The van der Waals surface area contributed by atoms with Gasteiger partial charge in [0.15, 0.2) is 5.82 Å². The number of hydrogen-bond acceptors (Lipinski definition) is 3. The zero-order valence-corrected chi connectivity index (χ0v) is 8.69. The van der Waals surface area contributed by atoms with Crippen LogP contribution in [0.5, 0.6) is 0 Å². The third kappa shape index (κ3) is 1.14. The summed E-state index contributed by atoms with van der Waals surface area (Å²) in [5, 5.41) is 12.9. The summed E-state index contributed by atoms with van der Waals surface area (Å²) < 4.78 is 2.59. The first-order chi connectivity index (χ1) is 6.24. The Morgan fingerprint density at radius 1 is 1.62 bits per heavy atom. The molecule has 0 atom stereocenters. The molecule has 5 heteroatoms. The number of aromatic nitrogens is 2. The lowest BCUT2D eigenvalue weighted by Crippen LogP contribution is -1.88. The Hall–Kier alpha value is -1.29. The molecule has 0 aliphatic heterocycles. The van der Waals surface area contributed by atoms with Gasteiger partial charge < -0.3 is 5.73 Å². The van der Waals surface area contributed by atoms with Crippen molar-refractivity contribution in [1.29, 1.82) is 5.26 Å². The van der Waals surface area contributed by atoms with Crippen molar-refractivity contribution in [2.75, 3.05) is 5.73 Å². The maximum Gasteiger partial charge on any atom is 0.164 e. The van der Waals surface area contributed by atoms with Crippen LogP contribution in [0.25, 0.3) is 5.52 Å². The molecule has 0 unspecified atom stereocenters. The van der Waals surface area contributed by atoms with E-state index in [4.69, 9.17) is 11.0 Å². The first-order valence-corrected chi connectivity index (χ1v) is 4.64. The van der Waals surface area contributed by atoms with Crippen LogP contribution in [0.15, 0.2) is 18.3 Å². The monoisotopic (exact) mass is 284 g/mol. The molecule has 0 bridgehead atoms. The molecule has 2 aromatic heterocycles. The molecule has 2 rings (SSSR count). The maximum atomic E-state index is 8.84. The summed E-state index contributed by atoms with van der Waals surface area (Å²) in [7, 11) is 0. The van der Waals surface area contributed by atoms with Crippen molar-refractivity contribution < 1.29 is 0 Å². The highest BCUT2D eigenvalue weighted by Crippen LogP contribution is 2.21. The molecule has 0 radical (unpaired) electrons. The van der Waals surface area contributed by atoms with E-state index >= 15 is 0 Å². The fraction of sp³-hybridized carbons (Fsp3) is 0. The van der Waals surface area contributed by atoms with Crippen LogP contribution in [0.1, 0.15) is 5.56 Å². The molecule has 0 aliphatic carbocycles. The SMILES string of the molecule is N#Cc1c(N)nn2cccc(I)c12. The Morgan fingerprint density at radius 3 is 3.08 bits per heavy atom. The van der Waals surface area contributed by atoms with E-state index in [1.54, 1.807) is 10.7 Å². The molecule has 2 aromatic rings. The maximum absolute atomic E-state index is 8.84. The third-order valence-electron chi connectivity index (χ3n) is 1.75. The van der Waals surface area contributed by atoms with Gasteiger partial charge in [0.2, 0.25) is 0 Å². The number of hydrogen-bond donors (Lipinski definition) is 1. The van der Waals surface area contributed by atoms with Crippen molar-refractivity contribution in [3.05, 3.63) is 27.5 Å². The van der Waals surface area contributed by atoms with Gasteiger partial charge in [-0.3, -0.25) is 0 Å². The highest BCUT2D eigenvalue weighted by molar-refractivity contribution is 14.1. The summed E-state index contributed by atoms with van der Waals surface area (Å²) in [5.74, 6) is 0.284. The second-order valence-corrected chi connectivity index (χ2v) is 3.68. The summed E-state index contributed by atoms with van der Waals surface area (Å²) in [6.07, 6.45) is 1.77. The molecule has 0 fully saturated rings. The van der Waals surface area contributed by atoms with Gasteiger partial charge in [-0.15, -0.1) is 5.10 Å². The highest BCUT2D eigenvalue weighted by atomic mass is 127. The molecule has 0 aliphatic rings. The van der Waals surface area contributed by atoms with Crippen LogP contribution in [-0.4, -0.2) is 9.61 Å². The van der Waals surface area contributed by atoms with Crippen LogP contribution >= 0.6 is 22.6 Å². The Morgan fingerprint density at radius 2 is 2.38 bits per heavy atom. The first-order valence-electron chi connectivity index (χ1n) is 3.56. The van der Waals surface area contributed by atoms with E-state index in [0.29, 0.717) is 5.56 Å². The number of pyridine rings is 1. The topological polar surface area (TPSA) is 67.1 Å². The van der Waals surface area contributed by atoms with Crippen molar-refractivity contribution in [3.8, 4) is 6.07 Å². The second kappa shape index (κ2) is 2.88. The third-order valence-corrected chi connectivity index (χ3v) is 2.62. The fourth-order valence-electron chi connectivity index (χ4n) is 1.19. The molecule has 0 amide bonds. The molecular formula is C8H5IN4. The Bertz CT molecular complexity index is 509. The van der Waals surface area contributed by atoms with E-state index in [1.807, 2.05) is 18.2 Å². The van der Waals surface area contributed by atoms with E-state index in [1.165, 1.54) is 0 Å². The predicted octanol–water partition coefficient (Wildman–Crippen LogP) is 1.39. The number of nitriles is 1. The van der Waals surface area contributed by atoms with Crippen LogP contribution in [0, 0.1) is 14.9 Å². The number of fused-ring (bicyclic) bond motifs is 1. The van der Waals surface area contributed by atoms with Gasteiger partial charge in [0.25, 0.3) is 0 Å². The van der Waals surface area contributed by atoms with E-state index in [2.05, 4.69) is 27.7 Å². The lowest BCUT2D eigenvalue weighted by atomic mass is 10.3. The molecule has 0 saturated heterocycles. The average Bonchev–Trinajstić information content (AvgIpc) is 2.42. The van der Waals surface area contributed by atoms with Gasteiger partial charge in [-0.1, -0.05) is 0 Å². The molecule has 0 aromatic carbocycles. The molecule has 64 valence electrons. The molecule has 0 saturated carbocycles. The van der Waals surface area contributed by atoms with Crippen LogP contribution in [0.2, 0.25) is 0 Å². The van der Waals surface area contributed by atoms with Crippen molar-refractivity contribution in [1.82, 2.24) is 9.61 Å². The van der Waals surface area contributed by atoms with E-state index in [-0.39, 0.29) is 5.82 Å². The average molecular weight is 284 g/mol. The number of nitrogens with two attached hydrogens (primary N) is 1. The minimum absolute atomic E-state index is 0.284. The van der Waals surface area contributed by atoms with Crippen molar-refractivity contribution in [2.24, 2.45) is 0 Å². The minimum atomic E-state index is 0.284. The van der Waals surface area contributed by atoms with Gasteiger partial charge in [-0.25, -0.2) is 4.52 Å². The zero-order valence-electron chi connectivity index (χ0n) is 6.53. The Labute approximate surface area is 88.1 Å². The summed E-state index contributed by atoms with van der Waals surface area (Å²) >= 11 is 2.15. The van der Waals surface area contributed by atoms with E-state index in [9.17, 15) is 0 Å². The fourth-order valence-corrected chi connectivity index (χ4v) is 1.91. The van der Waals surface area contributed by atoms with Crippen molar-refractivity contribution in [3.63, 3.8) is 0 Å². The van der Waals surface area contributed by atoms with Gasteiger partial charge in [0.1, 0.15) is 11.6 Å². The number of nitrogens with zero attached hydrogens (tertiary/aromatic N) is 3. The summed E-state index contributed by atoms with van der Waals surface area (Å²) in [4.78, 5) is 0. The van der Waals surface area contributed by atoms with Crippen LogP contribution in [0.4, 0.5) is 5.82 Å². The summed E-state index contributed by atoms with van der Waals surface area (Å²) in [5.41, 5.74) is 6.80. The molecule has 4 nitrogen and oxygen atoms in total. The van der Waals surface area contributed by atoms with Crippen molar-refractivity contribution in [2.45, 2.75) is 0 Å². The highest BCUT2D eigenvalue weighted by Gasteiger charge is 2.11. The van der Waals surface area contributed by atoms with Gasteiger partial charge in [-0.05, 0) is 34.7 Å². The van der Waals surface area contributed by atoms with Gasteiger partial charge >= 0.3 is 0 Å². The Balaban J connectivity index is 2.99. The summed E-state index contributed by atoms with van der Waals surface area (Å²) in [6.45, 7) is 0. The first kappa shape index (κ1) is 8.31. The van der Waals surface area contributed by atoms with E-state index < -0.39 is 0 Å². The van der Waals surface area contributed by atoms with Crippen molar-refractivity contribution >= 4 is 33.9 Å². The number of halogens is 1. The second-order valence-electron chi connectivity index (χ2n) is 2.52. The molecule has 2 N–H and O–H groups in total. The minimum Gasteiger partial charge on any atom is -0.381 e. The molecule has 13 heavy (non-hydrogen) atoms. The lowest BCUT2D eigenvalue weighted by Gasteiger charge is -1.93. The zero-order chi connectivity index (χ0) is 9.42. The lowest BCUT2D eigenvalue weighted by molar-refractivity contribution is 0.965. The number of rotatable bonds is 0.